The second-order valence-electron chi connectivity index (χ2n) is 10.6. The maximum absolute atomic E-state index is 12.2. The van der Waals surface area contributed by atoms with Crippen molar-refractivity contribution in [3.8, 4) is 11.3 Å². The maximum atomic E-state index is 12.2. The van der Waals surface area contributed by atoms with Crippen molar-refractivity contribution >= 4 is 49.8 Å². The van der Waals surface area contributed by atoms with E-state index < -0.39 is 11.6 Å². The number of carboxylic acid groups (broad SMARTS) is 1. The van der Waals surface area contributed by atoms with Crippen LogP contribution in [0.1, 0.15) is 51.8 Å². The van der Waals surface area contributed by atoms with Crippen LogP contribution in [0.4, 0.5) is 10.5 Å². The molecule has 1 N–H and O–H groups in total. The zero-order valence-electron chi connectivity index (χ0n) is 24.5. The van der Waals surface area contributed by atoms with Gasteiger partial charge in [0.2, 0.25) is 0 Å². The zero-order chi connectivity index (χ0) is 27.4. The molecule has 0 fully saturated rings. The molecule has 0 saturated carbocycles. The number of fused-ring (bicyclic) bond motifs is 2. The number of amides is 1. The number of furan rings is 1. The van der Waals surface area contributed by atoms with E-state index in [1.807, 2.05) is 58.0 Å². The van der Waals surface area contributed by atoms with Crippen LogP contribution in [0.15, 0.2) is 57.4 Å². The summed E-state index contributed by atoms with van der Waals surface area (Å²) in [5.41, 5.74) is 6.40. The third-order valence-corrected chi connectivity index (χ3v) is 7.49. The molecule has 5 rings (SSSR count). The fourth-order valence-electron chi connectivity index (χ4n) is 5.07. The van der Waals surface area contributed by atoms with Crippen molar-refractivity contribution in [2.75, 3.05) is 4.90 Å². The SMILES string of the molecule is CCc1nc2c(C)cc(C)nc2n1Cc1ccc2oc(-c3ccccc3N(C(=O)O)C(C)(C)C)c(Br)c2c1.[H-].[Na+]. The van der Waals surface area contributed by atoms with Gasteiger partial charge in [0.15, 0.2) is 11.4 Å². The molecule has 0 radical (unpaired) electrons. The molecule has 0 aliphatic carbocycles. The van der Waals surface area contributed by atoms with Crippen LogP contribution in [0.3, 0.4) is 0 Å². The monoisotopic (exact) mass is 598 g/mol. The molecule has 2 aromatic carbocycles. The Balaban J connectivity index is 0.00000220. The molecule has 3 heterocycles. The second-order valence-corrected chi connectivity index (χ2v) is 11.4. The van der Waals surface area contributed by atoms with Crippen LogP contribution in [-0.2, 0) is 13.0 Å². The van der Waals surface area contributed by atoms with Gasteiger partial charge >= 0.3 is 35.7 Å². The molecule has 39 heavy (non-hydrogen) atoms. The second kappa shape index (κ2) is 11.1. The van der Waals surface area contributed by atoms with Crippen LogP contribution in [0.5, 0.6) is 0 Å². The summed E-state index contributed by atoms with van der Waals surface area (Å²) in [4.78, 5) is 23.3. The third-order valence-electron chi connectivity index (χ3n) is 6.70. The average Bonchev–Trinajstić information content (AvgIpc) is 3.36. The third kappa shape index (κ3) is 5.40. The van der Waals surface area contributed by atoms with Crippen molar-refractivity contribution in [3.05, 3.63) is 75.6 Å². The first-order valence-electron chi connectivity index (χ1n) is 12.7. The smallest absolute Gasteiger partial charge is 1.00 e. The first-order valence-corrected chi connectivity index (χ1v) is 13.5. The maximum Gasteiger partial charge on any atom is 1.00 e. The average molecular weight is 600 g/mol. The number of rotatable bonds is 5. The van der Waals surface area contributed by atoms with Crippen LogP contribution < -0.4 is 34.5 Å². The fourth-order valence-corrected chi connectivity index (χ4v) is 5.67. The van der Waals surface area contributed by atoms with Gasteiger partial charge in [-0.2, -0.15) is 0 Å². The number of hydrogen-bond donors (Lipinski definition) is 1. The molecule has 5 aromatic rings. The van der Waals surface area contributed by atoms with E-state index in [0.29, 0.717) is 23.6 Å². The minimum absolute atomic E-state index is 0. The molecule has 0 spiro atoms. The summed E-state index contributed by atoms with van der Waals surface area (Å²) >= 11 is 3.77. The molecule has 0 unspecified atom stereocenters. The number of imidazole rings is 1. The van der Waals surface area contributed by atoms with Crippen LogP contribution in [0, 0.1) is 13.8 Å². The summed E-state index contributed by atoms with van der Waals surface area (Å²) in [6.45, 7) is 12.4. The number of anilines is 1. The Morgan fingerprint density at radius 3 is 2.51 bits per heavy atom. The minimum atomic E-state index is -1.02. The first-order chi connectivity index (χ1) is 18.0. The molecule has 0 aliphatic heterocycles. The van der Waals surface area contributed by atoms with Gasteiger partial charge in [-0.05, 0) is 92.0 Å². The van der Waals surface area contributed by atoms with E-state index in [2.05, 4.69) is 52.5 Å². The molecular formula is C30H32BrN4NaO3. The summed E-state index contributed by atoms with van der Waals surface area (Å²) in [5.74, 6) is 1.59. The minimum Gasteiger partial charge on any atom is -1.00 e. The number of pyridine rings is 1. The molecule has 198 valence electrons. The molecule has 9 heteroatoms. The molecule has 7 nitrogen and oxygen atoms in total. The predicted octanol–water partition coefficient (Wildman–Crippen LogP) is 5.23. The van der Waals surface area contributed by atoms with E-state index >= 15 is 0 Å². The Morgan fingerprint density at radius 1 is 1.13 bits per heavy atom. The summed E-state index contributed by atoms with van der Waals surface area (Å²) in [6.07, 6.45) is -0.209. The number of hydrogen-bond acceptors (Lipinski definition) is 4. The molecule has 1 amide bonds. The Bertz CT molecular complexity index is 1710. The largest absolute Gasteiger partial charge is 1.00 e. The summed E-state index contributed by atoms with van der Waals surface area (Å²) in [5, 5.41) is 10.9. The molecule has 3 aromatic heterocycles. The Kier molecular flexibility index (Phi) is 8.34. The summed E-state index contributed by atoms with van der Waals surface area (Å²) in [6, 6.07) is 15.6. The van der Waals surface area contributed by atoms with Crippen molar-refractivity contribution in [1.29, 1.82) is 0 Å². The normalized spacial score (nSPS) is 11.7. The van der Waals surface area contributed by atoms with Crippen molar-refractivity contribution in [1.82, 2.24) is 14.5 Å². The Morgan fingerprint density at radius 2 is 1.85 bits per heavy atom. The van der Waals surface area contributed by atoms with E-state index in [1.165, 1.54) is 4.90 Å². The predicted molar refractivity (Wildman–Crippen MR) is 156 cm³/mol. The van der Waals surface area contributed by atoms with Gasteiger partial charge < -0.3 is 15.5 Å². The van der Waals surface area contributed by atoms with E-state index in [4.69, 9.17) is 14.4 Å². The van der Waals surface area contributed by atoms with Crippen LogP contribution in [0.25, 0.3) is 33.5 Å². The van der Waals surface area contributed by atoms with Crippen LogP contribution in [-0.4, -0.2) is 31.3 Å². The van der Waals surface area contributed by atoms with Gasteiger partial charge in [-0.15, -0.1) is 0 Å². The summed E-state index contributed by atoms with van der Waals surface area (Å²) in [7, 11) is 0. The number of benzene rings is 2. The molecule has 0 aliphatic rings. The zero-order valence-corrected chi connectivity index (χ0v) is 27.0. The van der Waals surface area contributed by atoms with E-state index in [-0.39, 0.29) is 31.0 Å². The van der Waals surface area contributed by atoms with Crippen molar-refractivity contribution < 1.29 is 45.3 Å². The Labute approximate surface area is 260 Å². The number of halogens is 1. The number of nitrogens with zero attached hydrogens (tertiary/aromatic N) is 4. The van der Waals surface area contributed by atoms with Crippen molar-refractivity contribution in [2.24, 2.45) is 0 Å². The quantitative estimate of drug-likeness (QED) is 0.280. The molecule has 0 saturated heterocycles. The van der Waals surface area contributed by atoms with E-state index in [9.17, 15) is 9.90 Å². The Hall–Kier alpha value is -2.65. The molecular weight excluding hydrogens is 567 g/mol. The van der Waals surface area contributed by atoms with Gasteiger partial charge in [0.05, 0.1) is 16.7 Å². The number of aryl methyl sites for hydroxylation is 3. The van der Waals surface area contributed by atoms with E-state index in [1.54, 1.807) is 0 Å². The summed E-state index contributed by atoms with van der Waals surface area (Å²) < 4.78 is 9.29. The van der Waals surface area contributed by atoms with Gasteiger partial charge in [-0.1, -0.05) is 25.1 Å². The van der Waals surface area contributed by atoms with Gasteiger partial charge in [0.1, 0.15) is 16.9 Å². The number of aromatic nitrogens is 3. The van der Waals surface area contributed by atoms with Gasteiger partial charge in [-0.3, -0.25) is 4.90 Å². The first kappa shape index (κ1) is 29.3. The number of para-hydroxylation sites is 1. The van der Waals surface area contributed by atoms with E-state index in [0.717, 1.165) is 55.7 Å². The molecule has 0 bridgehead atoms. The van der Waals surface area contributed by atoms with Gasteiger partial charge in [0.25, 0.3) is 0 Å². The van der Waals surface area contributed by atoms with Crippen LogP contribution in [0.2, 0.25) is 0 Å². The van der Waals surface area contributed by atoms with Gasteiger partial charge in [0, 0.05) is 28.6 Å². The topological polar surface area (TPSA) is 84.4 Å². The number of carbonyl (C=O) groups is 1. The molecule has 0 atom stereocenters. The van der Waals surface area contributed by atoms with Crippen molar-refractivity contribution in [3.63, 3.8) is 0 Å². The van der Waals surface area contributed by atoms with Crippen molar-refractivity contribution in [2.45, 2.75) is 60.0 Å². The van der Waals surface area contributed by atoms with Gasteiger partial charge in [-0.25, -0.2) is 14.8 Å². The fraction of sp³-hybridized carbons (Fsp3) is 0.300. The van der Waals surface area contributed by atoms with Crippen LogP contribution >= 0.6 is 15.9 Å². The standard InChI is InChI=1S/C30H31BrN4O3.Na.H/c1-7-24-33-26-17(2)14-18(3)32-28(26)34(24)16-19-12-13-23-21(15-19)25(31)27(38-23)20-10-8-9-11-22(20)35(29(36)37)30(4,5)6;;/h8-15H,7,16H2,1-6H3,(H,36,37);;/q;+1;-1.